The van der Waals surface area contributed by atoms with E-state index < -0.39 is 0 Å². The lowest BCUT2D eigenvalue weighted by atomic mass is 10.1. The number of hydrogen-bond donors (Lipinski definition) is 1. The quantitative estimate of drug-likeness (QED) is 0.832. The Morgan fingerprint density at radius 2 is 2.05 bits per heavy atom. The molecule has 0 aromatic heterocycles. The molecule has 2 atom stereocenters. The molecular formula is C17H27N3. The molecule has 1 N–H and O–H groups in total. The van der Waals surface area contributed by atoms with Crippen molar-refractivity contribution in [3.8, 4) is 0 Å². The molecule has 3 nitrogen and oxygen atoms in total. The Morgan fingerprint density at radius 1 is 1.20 bits per heavy atom. The highest BCUT2D eigenvalue weighted by Crippen LogP contribution is 2.24. The van der Waals surface area contributed by atoms with E-state index in [0.29, 0.717) is 0 Å². The van der Waals surface area contributed by atoms with Gasteiger partial charge in [0.25, 0.3) is 0 Å². The van der Waals surface area contributed by atoms with E-state index in [1.807, 2.05) is 0 Å². The number of para-hydroxylation sites is 1. The van der Waals surface area contributed by atoms with Crippen LogP contribution in [0.4, 0.5) is 5.69 Å². The molecule has 2 fully saturated rings. The van der Waals surface area contributed by atoms with Gasteiger partial charge in [-0.15, -0.1) is 0 Å². The van der Waals surface area contributed by atoms with Gasteiger partial charge in [0.1, 0.15) is 0 Å². The highest BCUT2D eigenvalue weighted by atomic mass is 15.3. The molecule has 3 rings (SSSR count). The Hall–Kier alpha value is -1.06. The number of nitrogens with zero attached hydrogens (tertiary/aromatic N) is 2. The molecule has 0 aliphatic carbocycles. The van der Waals surface area contributed by atoms with Gasteiger partial charge in [-0.3, -0.25) is 9.80 Å². The molecule has 2 aliphatic heterocycles. The van der Waals surface area contributed by atoms with Crippen LogP contribution in [0.25, 0.3) is 0 Å². The van der Waals surface area contributed by atoms with Crippen molar-refractivity contribution < 1.29 is 0 Å². The SMILES string of the molecule is CC1CN2CCCC2CN1CCCNc1ccccc1. The first-order valence-corrected chi connectivity index (χ1v) is 8.10. The second-order valence-corrected chi connectivity index (χ2v) is 6.28. The number of anilines is 1. The first kappa shape index (κ1) is 13.9. The van der Waals surface area contributed by atoms with E-state index in [9.17, 15) is 0 Å². The van der Waals surface area contributed by atoms with Crippen molar-refractivity contribution in [3.05, 3.63) is 30.3 Å². The van der Waals surface area contributed by atoms with Crippen LogP contribution in [0, 0.1) is 0 Å². The minimum absolute atomic E-state index is 0.723. The van der Waals surface area contributed by atoms with Gasteiger partial charge in [-0.25, -0.2) is 0 Å². The predicted octanol–water partition coefficient (Wildman–Crippen LogP) is 2.66. The third-order valence-electron chi connectivity index (χ3n) is 4.79. The van der Waals surface area contributed by atoms with Crippen LogP contribution < -0.4 is 5.32 Å². The number of hydrogen-bond acceptors (Lipinski definition) is 3. The second kappa shape index (κ2) is 6.59. The summed E-state index contributed by atoms with van der Waals surface area (Å²) in [7, 11) is 0. The summed E-state index contributed by atoms with van der Waals surface area (Å²) in [6.45, 7) is 8.58. The lowest BCUT2D eigenvalue weighted by Crippen LogP contribution is -2.55. The molecule has 1 aromatic carbocycles. The number of nitrogens with one attached hydrogen (secondary N) is 1. The van der Waals surface area contributed by atoms with Crippen LogP contribution in [0.1, 0.15) is 26.2 Å². The molecule has 20 heavy (non-hydrogen) atoms. The zero-order valence-electron chi connectivity index (χ0n) is 12.6. The van der Waals surface area contributed by atoms with Crippen LogP contribution >= 0.6 is 0 Å². The van der Waals surface area contributed by atoms with Gasteiger partial charge in [-0.2, -0.15) is 0 Å². The smallest absolute Gasteiger partial charge is 0.0340 e. The van der Waals surface area contributed by atoms with Crippen molar-refractivity contribution in [3.63, 3.8) is 0 Å². The van der Waals surface area contributed by atoms with E-state index in [4.69, 9.17) is 0 Å². The summed E-state index contributed by atoms with van der Waals surface area (Å²) < 4.78 is 0. The van der Waals surface area contributed by atoms with E-state index in [1.165, 1.54) is 51.1 Å². The summed E-state index contributed by atoms with van der Waals surface area (Å²) in [5.74, 6) is 0. The van der Waals surface area contributed by atoms with E-state index >= 15 is 0 Å². The second-order valence-electron chi connectivity index (χ2n) is 6.28. The third kappa shape index (κ3) is 3.33. The zero-order chi connectivity index (χ0) is 13.8. The average molecular weight is 273 g/mol. The zero-order valence-corrected chi connectivity index (χ0v) is 12.6. The minimum Gasteiger partial charge on any atom is -0.385 e. The lowest BCUT2D eigenvalue weighted by Gasteiger charge is -2.42. The molecule has 3 heteroatoms. The van der Waals surface area contributed by atoms with Crippen LogP contribution in [0.2, 0.25) is 0 Å². The van der Waals surface area contributed by atoms with Crippen LogP contribution in [0.3, 0.4) is 0 Å². The van der Waals surface area contributed by atoms with Crippen molar-refractivity contribution in [2.45, 2.75) is 38.3 Å². The van der Waals surface area contributed by atoms with Crippen LogP contribution in [-0.4, -0.2) is 54.6 Å². The molecular weight excluding hydrogens is 246 g/mol. The van der Waals surface area contributed by atoms with Crippen molar-refractivity contribution in [2.75, 3.05) is 38.0 Å². The molecule has 2 saturated heterocycles. The lowest BCUT2D eigenvalue weighted by molar-refractivity contribution is 0.0595. The first-order chi connectivity index (χ1) is 9.83. The molecule has 2 aliphatic rings. The molecule has 0 saturated carbocycles. The maximum Gasteiger partial charge on any atom is 0.0340 e. The molecule has 1 aromatic rings. The molecule has 0 spiro atoms. The van der Waals surface area contributed by atoms with Crippen molar-refractivity contribution in [1.29, 1.82) is 0 Å². The fraction of sp³-hybridized carbons (Fsp3) is 0.647. The molecule has 110 valence electrons. The van der Waals surface area contributed by atoms with Gasteiger partial charge in [0.2, 0.25) is 0 Å². The highest BCUT2D eigenvalue weighted by molar-refractivity contribution is 5.42. The van der Waals surface area contributed by atoms with Gasteiger partial charge in [0, 0.05) is 44.0 Å². The Kier molecular flexibility index (Phi) is 4.58. The largest absolute Gasteiger partial charge is 0.385 e. The van der Waals surface area contributed by atoms with Crippen molar-refractivity contribution in [1.82, 2.24) is 9.80 Å². The average Bonchev–Trinajstić information content (AvgIpc) is 2.91. The molecule has 0 amide bonds. The van der Waals surface area contributed by atoms with Gasteiger partial charge in [-0.05, 0) is 44.9 Å². The van der Waals surface area contributed by atoms with Crippen LogP contribution in [-0.2, 0) is 0 Å². The standard InChI is InChI=1S/C17H27N3/c1-15-13-20-11-5-9-17(20)14-19(15)12-6-10-18-16-7-3-2-4-8-16/h2-4,7-8,15,17-18H,5-6,9-14H2,1H3. The first-order valence-electron chi connectivity index (χ1n) is 8.10. The van der Waals surface area contributed by atoms with Crippen molar-refractivity contribution in [2.24, 2.45) is 0 Å². The van der Waals surface area contributed by atoms with Gasteiger partial charge >= 0.3 is 0 Å². The minimum atomic E-state index is 0.723. The summed E-state index contributed by atoms with van der Waals surface area (Å²) in [5, 5.41) is 3.51. The maximum atomic E-state index is 3.51. The maximum absolute atomic E-state index is 3.51. The number of rotatable bonds is 5. The summed E-state index contributed by atoms with van der Waals surface area (Å²) >= 11 is 0. The van der Waals surface area contributed by atoms with Gasteiger partial charge in [-0.1, -0.05) is 18.2 Å². The summed E-state index contributed by atoms with van der Waals surface area (Å²) in [6.07, 6.45) is 4.04. The normalized spacial score (nSPS) is 27.4. The molecule has 0 bridgehead atoms. The highest BCUT2D eigenvalue weighted by Gasteiger charge is 2.33. The number of fused-ring (bicyclic) bond motifs is 1. The fourth-order valence-corrected chi connectivity index (χ4v) is 3.63. The monoisotopic (exact) mass is 273 g/mol. The summed E-state index contributed by atoms with van der Waals surface area (Å²) in [5.41, 5.74) is 1.24. The van der Waals surface area contributed by atoms with Crippen molar-refractivity contribution >= 4 is 5.69 Å². The van der Waals surface area contributed by atoms with E-state index in [-0.39, 0.29) is 0 Å². The fourth-order valence-electron chi connectivity index (χ4n) is 3.63. The topological polar surface area (TPSA) is 18.5 Å². The Balaban J connectivity index is 1.40. The molecule has 0 radical (unpaired) electrons. The van der Waals surface area contributed by atoms with E-state index in [2.05, 4.69) is 52.4 Å². The van der Waals surface area contributed by atoms with Gasteiger partial charge < -0.3 is 5.32 Å². The molecule has 2 unspecified atom stereocenters. The van der Waals surface area contributed by atoms with E-state index in [0.717, 1.165) is 18.6 Å². The Bertz CT molecular complexity index is 406. The predicted molar refractivity (Wildman–Crippen MR) is 85.2 cm³/mol. The summed E-state index contributed by atoms with van der Waals surface area (Å²) in [4.78, 5) is 5.39. The number of piperazine rings is 1. The Morgan fingerprint density at radius 3 is 2.90 bits per heavy atom. The number of benzene rings is 1. The van der Waals surface area contributed by atoms with E-state index in [1.54, 1.807) is 0 Å². The van der Waals surface area contributed by atoms with Crippen LogP contribution in [0.5, 0.6) is 0 Å². The third-order valence-corrected chi connectivity index (χ3v) is 4.79. The molecule has 2 heterocycles. The van der Waals surface area contributed by atoms with Crippen LogP contribution in [0.15, 0.2) is 30.3 Å². The van der Waals surface area contributed by atoms with Gasteiger partial charge in [0.15, 0.2) is 0 Å². The Labute approximate surface area is 123 Å². The summed E-state index contributed by atoms with van der Waals surface area (Å²) in [6, 6.07) is 12.1. The van der Waals surface area contributed by atoms with Gasteiger partial charge in [0.05, 0.1) is 0 Å².